The third-order valence-electron chi connectivity index (χ3n) is 4.93. The van der Waals surface area contributed by atoms with E-state index in [1.165, 1.54) is 5.56 Å². The van der Waals surface area contributed by atoms with Crippen LogP contribution in [0, 0.1) is 12.7 Å². The van der Waals surface area contributed by atoms with Gasteiger partial charge in [0.15, 0.2) is 5.96 Å². The molecular weight excluding hydrogens is 468 g/mol. The number of hydrogen-bond acceptors (Lipinski definition) is 3. The monoisotopic (exact) mass is 497 g/mol. The van der Waals surface area contributed by atoms with Crippen molar-refractivity contribution in [3.05, 3.63) is 59.4 Å². The van der Waals surface area contributed by atoms with Crippen LogP contribution in [0.4, 0.5) is 15.8 Å². The molecule has 0 spiro atoms. The molecule has 0 saturated carbocycles. The Kier molecular flexibility index (Phi) is 8.50. The smallest absolute Gasteiger partial charge is 0.193 e. The highest BCUT2D eigenvalue weighted by molar-refractivity contribution is 14.0. The number of anilines is 2. The van der Waals surface area contributed by atoms with Crippen LogP contribution < -0.4 is 16.0 Å². The van der Waals surface area contributed by atoms with Crippen molar-refractivity contribution in [1.29, 1.82) is 0 Å². The molecule has 0 atom stereocenters. The summed E-state index contributed by atoms with van der Waals surface area (Å²) in [7, 11) is 0. The summed E-state index contributed by atoms with van der Waals surface area (Å²) in [5, 5.41) is 3.05. The maximum atomic E-state index is 14.6. The molecule has 7 heteroatoms. The Hall–Kier alpha value is -1.87. The molecule has 3 rings (SSSR count). The predicted molar refractivity (Wildman–Crippen MR) is 126 cm³/mol. The van der Waals surface area contributed by atoms with Gasteiger partial charge in [-0.2, -0.15) is 0 Å². The van der Waals surface area contributed by atoms with Crippen molar-refractivity contribution in [1.82, 2.24) is 4.90 Å². The van der Waals surface area contributed by atoms with E-state index in [2.05, 4.69) is 27.0 Å². The van der Waals surface area contributed by atoms with Crippen LogP contribution >= 0.6 is 24.0 Å². The minimum atomic E-state index is -0.197. The number of hydrogen-bond donors (Lipinski definition) is 2. The summed E-state index contributed by atoms with van der Waals surface area (Å²) in [6.07, 6.45) is 0. The van der Waals surface area contributed by atoms with E-state index in [0.29, 0.717) is 18.2 Å². The number of guanidine groups is 1. The molecule has 1 aliphatic heterocycles. The molecule has 1 aliphatic rings. The molecule has 0 radical (unpaired) electrons. The maximum Gasteiger partial charge on any atom is 0.193 e. The van der Waals surface area contributed by atoms with E-state index in [1.807, 2.05) is 43.3 Å². The lowest BCUT2D eigenvalue weighted by Gasteiger charge is -2.35. The van der Waals surface area contributed by atoms with Crippen LogP contribution in [0.2, 0.25) is 0 Å². The molecule has 0 amide bonds. The van der Waals surface area contributed by atoms with Crippen molar-refractivity contribution in [2.24, 2.45) is 10.7 Å². The van der Waals surface area contributed by atoms with Crippen LogP contribution in [0.1, 0.15) is 18.1 Å². The van der Waals surface area contributed by atoms with Gasteiger partial charge in [-0.15, -0.1) is 24.0 Å². The molecule has 2 aromatic rings. The van der Waals surface area contributed by atoms with Gasteiger partial charge in [-0.25, -0.2) is 9.38 Å². The zero-order valence-electron chi connectivity index (χ0n) is 16.5. The van der Waals surface area contributed by atoms with Gasteiger partial charge in [-0.1, -0.05) is 30.7 Å². The number of rotatable bonds is 5. The topological polar surface area (TPSA) is 56.9 Å². The van der Waals surface area contributed by atoms with E-state index in [0.717, 1.165) is 44.0 Å². The molecule has 3 N–H and O–H groups in total. The lowest BCUT2D eigenvalue weighted by Crippen LogP contribution is -2.46. The molecule has 1 heterocycles. The van der Waals surface area contributed by atoms with E-state index in [4.69, 9.17) is 5.73 Å². The number of nitrogens with zero attached hydrogens (tertiary/aromatic N) is 3. The average Bonchev–Trinajstić information content (AvgIpc) is 2.68. The SMILES string of the molecule is CCN1CCN(c2ccc(CN=C(N)Nc3ccc(C)cc3)cc2F)CC1.I. The first kappa shape index (κ1) is 22.4. The van der Waals surface area contributed by atoms with Crippen LogP contribution in [-0.4, -0.2) is 43.6 Å². The van der Waals surface area contributed by atoms with Gasteiger partial charge in [-0.3, -0.25) is 0 Å². The normalized spacial score (nSPS) is 15.2. The number of likely N-dealkylation sites (N-methyl/N-ethyl adjacent to an activating group) is 1. The van der Waals surface area contributed by atoms with Gasteiger partial charge in [0.1, 0.15) is 5.82 Å². The minimum absolute atomic E-state index is 0. The molecule has 1 saturated heterocycles. The summed E-state index contributed by atoms with van der Waals surface area (Å²) < 4.78 is 14.6. The van der Waals surface area contributed by atoms with Crippen molar-refractivity contribution < 1.29 is 4.39 Å². The van der Waals surface area contributed by atoms with Crippen molar-refractivity contribution >= 4 is 41.3 Å². The number of piperazine rings is 1. The van der Waals surface area contributed by atoms with Gasteiger partial charge in [0, 0.05) is 31.9 Å². The second kappa shape index (κ2) is 10.6. The number of benzene rings is 2. The Balaban J connectivity index is 0.00000280. The fourth-order valence-electron chi connectivity index (χ4n) is 3.21. The summed E-state index contributed by atoms with van der Waals surface area (Å²) in [6.45, 7) is 9.24. The number of nitrogens with two attached hydrogens (primary N) is 1. The number of nitrogens with one attached hydrogen (secondary N) is 1. The first-order valence-electron chi connectivity index (χ1n) is 9.44. The molecular formula is C21H29FIN5. The number of aliphatic imine (C=N–C) groups is 1. The molecule has 1 fully saturated rings. The summed E-state index contributed by atoms with van der Waals surface area (Å²) in [5.41, 5.74) is 9.48. The van der Waals surface area contributed by atoms with Gasteiger partial charge in [0.05, 0.1) is 12.2 Å². The summed E-state index contributed by atoms with van der Waals surface area (Å²) in [5.74, 6) is 0.122. The standard InChI is InChI=1S/C21H28FN5.HI/c1-3-26-10-12-27(13-11-26)20-9-6-17(14-19(20)22)15-24-21(23)25-18-7-4-16(2)5-8-18;/h4-9,14H,3,10-13,15H2,1-2H3,(H3,23,24,25);1H. The quantitative estimate of drug-likeness (QED) is 0.375. The number of halogens is 2. The Morgan fingerprint density at radius 3 is 2.39 bits per heavy atom. The molecule has 28 heavy (non-hydrogen) atoms. The summed E-state index contributed by atoms with van der Waals surface area (Å²) in [6, 6.07) is 13.2. The van der Waals surface area contributed by atoms with Crippen molar-refractivity contribution in [3.63, 3.8) is 0 Å². The second-order valence-corrected chi connectivity index (χ2v) is 6.90. The average molecular weight is 497 g/mol. The fraction of sp³-hybridized carbons (Fsp3) is 0.381. The Morgan fingerprint density at radius 2 is 1.79 bits per heavy atom. The first-order chi connectivity index (χ1) is 13.0. The Bertz CT molecular complexity index is 786. The maximum absolute atomic E-state index is 14.6. The zero-order valence-corrected chi connectivity index (χ0v) is 18.8. The third kappa shape index (κ3) is 6.07. The van der Waals surface area contributed by atoms with Gasteiger partial charge < -0.3 is 20.9 Å². The van der Waals surface area contributed by atoms with Crippen LogP contribution in [0.25, 0.3) is 0 Å². The first-order valence-corrected chi connectivity index (χ1v) is 9.44. The molecule has 0 bridgehead atoms. The van der Waals surface area contributed by atoms with Crippen molar-refractivity contribution in [2.75, 3.05) is 42.9 Å². The van der Waals surface area contributed by atoms with E-state index in [9.17, 15) is 4.39 Å². The van der Waals surface area contributed by atoms with Crippen LogP contribution in [0.5, 0.6) is 0 Å². The van der Waals surface area contributed by atoms with Crippen LogP contribution in [0.15, 0.2) is 47.5 Å². The third-order valence-corrected chi connectivity index (χ3v) is 4.93. The highest BCUT2D eigenvalue weighted by atomic mass is 127. The van der Waals surface area contributed by atoms with E-state index in [1.54, 1.807) is 6.07 Å². The minimum Gasteiger partial charge on any atom is -0.370 e. The van der Waals surface area contributed by atoms with Gasteiger partial charge >= 0.3 is 0 Å². The predicted octanol–water partition coefficient (Wildman–Crippen LogP) is 3.82. The Labute approximate surface area is 183 Å². The van der Waals surface area contributed by atoms with Crippen LogP contribution in [-0.2, 0) is 6.54 Å². The fourth-order valence-corrected chi connectivity index (χ4v) is 3.21. The second-order valence-electron chi connectivity index (χ2n) is 6.90. The van der Waals surface area contributed by atoms with Crippen LogP contribution in [0.3, 0.4) is 0 Å². The molecule has 0 aromatic heterocycles. The lowest BCUT2D eigenvalue weighted by atomic mass is 10.1. The van der Waals surface area contributed by atoms with Crippen molar-refractivity contribution in [3.8, 4) is 0 Å². The molecule has 0 aliphatic carbocycles. The van der Waals surface area contributed by atoms with E-state index in [-0.39, 0.29) is 29.8 Å². The molecule has 2 aromatic carbocycles. The van der Waals surface area contributed by atoms with E-state index >= 15 is 0 Å². The van der Waals surface area contributed by atoms with Gasteiger partial charge in [-0.05, 0) is 43.3 Å². The largest absolute Gasteiger partial charge is 0.370 e. The Morgan fingerprint density at radius 1 is 1.11 bits per heavy atom. The van der Waals surface area contributed by atoms with Gasteiger partial charge in [0.25, 0.3) is 0 Å². The van der Waals surface area contributed by atoms with E-state index < -0.39 is 0 Å². The summed E-state index contributed by atoms with van der Waals surface area (Å²) >= 11 is 0. The highest BCUT2D eigenvalue weighted by Gasteiger charge is 2.18. The van der Waals surface area contributed by atoms with Gasteiger partial charge in [0.2, 0.25) is 0 Å². The lowest BCUT2D eigenvalue weighted by molar-refractivity contribution is 0.270. The molecule has 152 valence electrons. The zero-order chi connectivity index (χ0) is 19.2. The molecule has 0 unspecified atom stereocenters. The summed E-state index contributed by atoms with van der Waals surface area (Å²) in [4.78, 5) is 8.80. The number of aryl methyl sites for hydroxylation is 1. The van der Waals surface area contributed by atoms with Crippen molar-refractivity contribution in [2.45, 2.75) is 20.4 Å². The highest BCUT2D eigenvalue weighted by Crippen LogP contribution is 2.22. The molecule has 5 nitrogen and oxygen atoms in total.